The van der Waals surface area contributed by atoms with E-state index in [0.717, 1.165) is 12.8 Å². The lowest BCUT2D eigenvalue weighted by Crippen LogP contribution is -2.58. The highest BCUT2D eigenvalue weighted by atomic mass is 79.9. The molecule has 0 radical (unpaired) electrons. The van der Waals surface area contributed by atoms with Crippen molar-refractivity contribution < 1.29 is 33.8 Å². The molecule has 1 spiro atoms. The van der Waals surface area contributed by atoms with E-state index in [9.17, 15) is 24.3 Å². The van der Waals surface area contributed by atoms with E-state index in [1.54, 1.807) is 28.9 Å². The smallest absolute Gasteiger partial charge is 0.312 e. The summed E-state index contributed by atoms with van der Waals surface area (Å²) in [6.07, 6.45) is 6.04. The molecule has 0 aliphatic carbocycles. The Hall–Kier alpha value is -2.24. The van der Waals surface area contributed by atoms with Gasteiger partial charge in [-0.3, -0.25) is 19.2 Å². The lowest BCUT2D eigenvalue weighted by molar-refractivity contribution is -0.159. The second-order valence-electron chi connectivity index (χ2n) is 11.4. The Morgan fingerprint density at radius 2 is 2.02 bits per heavy atom. The molecule has 2 unspecified atom stereocenters. The van der Waals surface area contributed by atoms with Crippen LogP contribution in [0.25, 0.3) is 0 Å². The molecule has 10 nitrogen and oxygen atoms in total. The van der Waals surface area contributed by atoms with Gasteiger partial charge in [0.25, 0.3) is 0 Å². The Morgan fingerprint density at radius 3 is 2.66 bits per heavy atom. The van der Waals surface area contributed by atoms with Crippen molar-refractivity contribution in [3.63, 3.8) is 0 Å². The molecule has 3 fully saturated rings. The zero-order chi connectivity index (χ0) is 30.3. The topological polar surface area (TPSA) is 125 Å². The average molecular weight is 641 g/mol. The van der Waals surface area contributed by atoms with Gasteiger partial charge in [-0.05, 0) is 46.0 Å². The molecule has 0 saturated carbocycles. The maximum Gasteiger partial charge on any atom is 0.312 e. The number of hydrogen-bond acceptors (Lipinski definition) is 7. The van der Waals surface area contributed by atoms with Gasteiger partial charge in [-0.25, -0.2) is 0 Å². The Morgan fingerprint density at radius 1 is 1.29 bits per heavy atom. The molecule has 3 rings (SSSR count). The van der Waals surface area contributed by atoms with Crippen LogP contribution in [0.15, 0.2) is 25.3 Å². The number of nitrogens with zero attached hydrogens (tertiary/aromatic N) is 2. The van der Waals surface area contributed by atoms with Crippen molar-refractivity contribution in [2.24, 2.45) is 11.8 Å². The normalized spacial score (nSPS) is 29.5. The Labute approximate surface area is 252 Å². The van der Waals surface area contributed by atoms with Gasteiger partial charge in [0.05, 0.1) is 24.5 Å². The number of nitrogens with one attached hydrogen (secondary N) is 1. The number of aliphatic hydroxyl groups is 1. The number of carbonyl (C=O) groups is 4. The van der Waals surface area contributed by atoms with Gasteiger partial charge in [-0.2, -0.15) is 0 Å². The zero-order valence-electron chi connectivity index (χ0n) is 24.6. The fourth-order valence-electron chi connectivity index (χ4n) is 6.57. The number of likely N-dealkylation sites (tertiary alicyclic amines) is 1. The van der Waals surface area contributed by atoms with E-state index in [-0.39, 0.29) is 48.3 Å². The molecule has 3 aliphatic rings. The largest absolute Gasteiger partial charge is 0.460 e. The molecule has 3 amide bonds. The van der Waals surface area contributed by atoms with E-state index in [1.807, 2.05) is 6.92 Å². The summed E-state index contributed by atoms with van der Waals surface area (Å²) in [5.74, 6) is -2.99. The molecule has 3 aliphatic heterocycles. The van der Waals surface area contributed by atoms with E-state index < -0.39 is 41.7 Å². The summed E-state index contributed by atoms with van der Waals surface area (Å²) in [6.45, 7) is 13.9. The van der Waals surface area contributed by atoms with Crippen LogP contribution in [0.2, 0.25) is 0 Å². The number of rotatable bonds is 17. The van der Waals surface area contributed by atoms with Crippen LogP contribution in [-0.2, 0) is 28.7 Å². The van der Waals surface area contributed by atoms with Crippen LogP contribution in [0.5, 0.6) is 0 Å². The summed E-state index contributed by atoms with van der Waals surface area (Å²) < 4.78 is 12.3. The van der Waals surface area contributed by atoms with Gasteiger partial charge in [-0.1, -0.05) is 41.4 Å². The summed E-state index contributed by atoms with van der Waals surface area (Å²) in [5, 5.41) is 12.1. The van der Waals surface area contributed by atoms with Crippen molar-refractivity contribution in [3.05, 3.63) is 25.3 Å². The first-order valence-electron chi connectivity index (χ1n) is 14.8. The number of carbonyl (C=O) groups excluding carboxylic acids is 4. The lowest BCUT2D eigenvalue weighted by Gasteiger charge is -2.39. The monoisotopic (exact) mass is 639 g/mol. The quantitative estimate of drug-likeness (QED) is 0.108. The van der Waals surface area contributed by atoms with Crippen LogP contribution >= 0.6 is 15.9 Å². The predicted molar refractivity (Wildman–Crippen MR) is 158 cm³/mol. The molecule has 11 heteroatoms. The van der Waals surface area contributed by atoms with E-state index in [1.165, 1.54) is 0 Å². The molecule has 0 aromatic carbocycles. The van der Waals surface area contributed by atoms with Gasteiger partial charge in [0.2, 0.25) is 17.7 Å². The van der Waals surface area contributed by atoms with E-state index in [4.69, 9.17) is 9.47 Å². The number of aliphatic hydroxyl groups excluding tert-OH is 1. The minimum absolute atomic E-state index is 0.0235. The maximum atomic E-state index is 14.3. The van der Waals surface area contributed by atoms with Crippen molar-refractivity contribution in [3.8, 4) is 0 Å². The van der Waals surface area contributed by atoms with Crippen molar-refractivity contribution in [2.45, 2.75) is 100 Å². The zero-order valence-corrected chi connectivity index (χ0v) is 26.1. The summed E-state index contributed by atoms with van der Waals surface area (Å²) in [7, 11) is 0. The first-order chi connectivity index (χ1) is 19.6. The number of allylic oxidation sites excluding steroid dienone is 1. The van der Waals surface area contributed by atoms with E-state index in [0.29, 0.717) is 38.6 Å². The molecule has 230 valence electrons. The molecule has 41 heavy (non-hydrogen) atoms. The fourth-order valence-corrected chi connectivity index (χ4v) is 7.51. The van der Waals surface area contributed by atoms with Gasteiger partial charge in [0.1, 0.15) is 17.7 Å². The molecule has 2 N–H and O–H groups in total. The number of ether oxygens (including phenoxy) is 2. The number of alkyl halides is 1. The summed E-state index contributed by atoms with van der Waals surface area (Å²) >= 11 is 3.68. The van der Waals surface area contributed by atoms with Gasteiger partial charge in [-0.15, -0.1) is 13.2 Å². The first-order valence-corrected chi connectivity index (χ1v) is 15.7. The van der Waals surface area contributed by atoms with Crippen LogP contribution in [0.4, 0.5) is 0 Å². The summed E-state index contributed by atoms with van der Waals surface area (Å²) in [5.41, 5.74) is -1.18. The number of amides is 3. The molecule has 3 heterocycles. The van der Waals surface area contributed by atoms with E-state index >= 15 is 0 Å². The minimum Gasteiger partial charge on any atom is -0.460 e. The van der Waals surface area contributed by atoms with Gasteiger partial charge < -0.3 is 29.7 Å². The van der Waals surface area contributed by atoms with Crippen molar-refractivity contribution in [1.29, 1.82) is 0 Å². The minimum atomic E-state index is -1.18. The maximum absolute atomic E-state index is 14.3. The third kappa shape index (κ3) is 6.88. The summed E-state index contributed by atoms with van der Waals surface area (Å²) in [6, 6.07) is -0.973. The van der Waals surface area contributed by atoms with Gasteiger partial charge in [0.15, 0.2) is 0 Å². The number of fused-ring (bicyclic) bond motifs is 1. The van der Waals surface area contributed by atoms with Crippen LogP contribution in [0.1, 0.15) is 65.7 Å². The van der Waals surface area contributed by atoms with Gasteiger partial charge >= 0.3 is 5.97 Å². The highest BCUT2D eigenvalue weighted by molar-refractivity contribution is 9.09. The third-order valence-corrected chi connectivity index (χ3v) is 9.27. The average Bonchev–Trinajstić information content (AvgIpc) is 3.52. The second kappa shape index (κ2) is 14.8. The van der Waals surface area contributed by atoms with Gasteiger partial charge in [0, 0.05) is 37.0 Å². The number of unbranched alkanes of at least 4 members (excludes halogenated alkanes) is 1. The third-order valence-electron chi connectivity index (χ3n) is 8.43. The molecular weight excluding hydrogens is 594 g/mol. The van der Waals surface area contributed by atoms with Crippen LogP contribution in [-0.4, -0.2) is 99.6 Å². The Bertz CT molecular complexity index is 993. The molecular formula is C30H46BrN3O7. The highest BCUT2D eigenvalue weighted by Gasteiger charge is 2.77. The predicted octanol–water partition coefficient (Wildman–Crippen LogP) is 2.72. The first kappa shape index (κ1) is 33.3. The number of hydrogen-bond donors (Lipinski definition) is 2. The number of halogens is 1. The van der Waals surface area contributed by atoms with Crippen molar-refractivity contribution >= 4 is 39.6 Å². The molecule has 8 atom stereocenters. The molecule has 0 aromatic heterocycles. The van der Waals surface area contributed by atoms with Crippen LogP contribution < -0.4 is 5.32 Å². The van der Waals surface area contributed by atoms with Crippen molar-refractivity contribution in [1.82, 2.24) is 15.1 Å². The SMILES string of the molecule is C=CCCC(=O)NC[C@@H](C)OC(=O)[C@@H]1[C@H]2O[C@@]3(CC2Br)[C@H](C(=O)N(CC=C)C(C)CCC)N(CCCCO)C(=O)[C@@H]13. The fraction of sp³-hybridized carbons (Fsp3) is 0.733. The highest BCUT2D eigenvalue weighted by Crippen LogP contribution is 2.60. The molecule has 3 saturated heterocycles. The number of esters is 1. The lowest BCUT2D eigenvalue weighted by atomic mass is 9.70. The van der Waals surface area contributed by atoms with Crippen molar-refractivity contribution in [2.75, 3.05) is 26.2 Å². The van der Waals surface area contributed by atoms with E-state index in [2.05, 4.69) is 41.3 Å². The Balaban J connectivity index is 1.89. The Kier molecular flexibility index (Phi) is 12.0. The standard InChI is InChI=1S/C30H46BrN3O7/c1-6-9-13-22(36)32-18-20(5)40-29(39)23-24-27(37)34(15-10-11-16-35)26(30(24)17-21(31)25(23)41-30)28(38)33(14-8-3)19(4)12-7-2/h6,8,19-21,23-26,35H,1,3,7,9-18H2,2,4-5H3,(H,32,36)/t19?,20-,21?,23+,24-,25+,26+,30-/m1/s1. The van der Waals surface area contributed by atoms with Crippen LogP contribution in [0.3, 0.4) is 0 Å². The molecule has 2 bridgehead atoms. The van der Waals surface area contributed by atoms with Crippen LogP contribution in [0, 0.1) is 11.8 Å². The molecule has 0 aromatic rings. The second-order valence-corrected chi connectivity index (χ2v) is 12.6. The summed E-state index contributed by atoms with van der Waals surface area (Å²) in [4.78, 5) is 57.1.